The van der Waals surface area contributed by atoms with Crippen LogP contribution in [-0.2, 0) is 13.0 Å². The van der Waals surface area contributed by atoms with Crippen LogP contribution in [0.2, 0.25) is 0 Å². The lowest BCUT2D eigenvalue weighted by molar-refractivity contribution is 0.309. The fourth-order valence-electron chi connectivity index (χ4n) is 3.23. The van der Waals surface area contributed by atoms with Gasteiger partial charge in [0.1, 0.15) is 12.4 Å². The van der Waals surface area contributed by atoms with E-state index in [0.717, 1.165) is 17.7 Å². The van der Waals surface area contributed by atoms with Gasteiger partial charge in [-0.2, -0.15) is 0 Å². The van der Waals surface area contributed by atoms with E-state index >= 15 is 0 Å². The molecule has 2 aromatic carbocycles. The van der Waals surface area contributed by atoms with Gasteiger partial charge in [0.15, 0.2) is 0 Å². The molecule has 0 spiro atoms. The number of fused-ring (bicyclic) bond motifs is 1. The maximum atomic E-state index is 6.10. The first-order valence-corrected chi connectivity index (χ1v) is 8.61. The van der Waals surface area contributed by atoms with Gasteiger partial charge in [0, 0.05) is 18.3 Å². The SMILES string of the molecule is Cc1cc2c(OCc3ccccc3)cccn2c1Cc1ccccc1. The average molecular weight is 327 g/mol. The number of aromatic nitrogens is 1. The van der Waals surface area contributed by atoms with Crippen molar-refractivity contribution in [2.24, 2.45) is 0 Å². The van der Waals surface area contributed by atoms with Gasteiger partial charge in [0.25, 0.3) is 0 Å². The fourth-order valence-corrected chi connectivity index (χ4v) is 3.23. The van der Waals surface area contributed by atoms with Gasteiger partial charge in [-0.3, -0.25) is 0 Å². The minimum absolute atomic E-state index is 0.582. The van der Waals surface area contributed by atoms with E-state index in [2.05, 4.69) is 72.1 Å². The molecule has 0 atom stereocenters. The lowest BCUT2D eigenvalue weighted by Gasteiger charge is -2.10. The van der Waals surface area contributed by atoms with Crippen molar-refractivity contribution in [1.29, 1.82) is 0 Å². The molecule has 0 saturated carbocycles. The molecule has 4 rings (SSSR count). The molecule has 0 aliphatic rings. The highest BCUT2D eigenvalue weighted by Crippen LogP contribution is 2.27. The quantitative estimate of drug-likeness (QED) is 0.477. The summed E-state index contributed by atoms with van der Waals surface area (Å²) in [6.45, 7) is 2.75. The molecule has 0 saturated heterocycles. The number of nitrogens with zero attached hydrogens (tertiary/aromatic N) is 1. The van der Waals surface area contributed by atoms with Crippen LogP contribution in [0, 0.1) is 6.92 Å². The monoisotopic (exact) mass is 327 g/mol. The molecule has 2 heteroatoms. The molecule has 4 aromatic rings. The van der Waals surface area contributed by atoms with Gasteiger partial charge in [-0.25, -0.2) is 0 Å². The molecule has 0 amide bonds. The molecule has 0 aliphatic heterocycles. The van der Waals surface area contributed by atoms with Gasteiger partial charge in [0.2, 0.25) is 0 Å². The van der Waals surface area contributed by atoms with E-state index in [9.17, 15) is 0 Å². The first kappa shape index (κ1) is 15.5. The number of hydrogen-bond donors (Lipinski definition) is 0. The topological polar surface area (TPSA) is 13.6 Å². The standard InChI is InChI=1S/C23H21NO/c1-18-15-22-23(25-17-20-11-6-3-7-12-20)13-8-14-24(22)21(18)16-19-9-4-2-5-10-19/h2-15H,16-17H2,1H3. The molecular weight excluding hydrogens is 306 g/mol. The molecule has 25 heavy (non-hydrogen) atoms. The second kappa shape index (κ2) is 6.86. The molecule has 0 N–H and O–H groups in total. The summed E-state index contributed by atoms with van der Waals surface area (Å²) < 4.78 is 8.36. The normalized spacial score (nSPS) is 10.9. The first-order chi connectivity index (χ1) is 12.3. The Balaban J connectivity index is 1.65. The number of pyridine rings is 1. The summed E-state index contributed by atoms with van der Waals surface area (Å²) in [7, 11) is 0. The summed E-state index contributed by atoms with van der Waals surface area (Å²) in [5.74, 6) is 0.925. The fraction of sp³-hybridized carbons (Fsp3) is 0.130. The van der Waals surface area contributed by atoms with E-state index in [1.807, 2.05) is 24.3 Å². The van der Waals surface area contributed by atoms with E-state index in [1.165, 1.54) is 22.4 Å². The lowest BCUT2D eigenvalue weighted by Crippen LogP contribution is -1.99. The van der Waals surface area contributed by atoms with Gasteiger partial charge >= 0.3 is 0 Å². The Labute approximate surface area is 148 Å². The van der Waals surface area contributed by atoms with Crippen LogP contribution >= 0.6 is 0 Å². The minimum Gasteiger partial charge on any atom is -0.487 e. The summed E-state index contributed by atoms with van der Waals surface area (Å²) in [6.07, 6.45) is 3.04. The van der Waals surface area contributed by atoms with Gasteiger partial charge in [-0.1, -0.05) is 60.7 Å². The van der Waals surface area contributed by atoms with E-state index in [0.29, 0.717) is 6.61 Å². The van der Waals surface area contributed by atoms with Crippen molar-refractivity contribution in [2.75, 3.05) is 0 Å². The maximum absolute atomic E-state index is 6.10. The molecular formula is C23H21NO. The van der Waals surface area contributed by atoms with Gasteiger partial charge in [-0.05, 0) is 41.8 Å². The van der Waals surface area contributed by atoms with Crippen LogP contribution in [0.15, 0.2) is 85.1 Å². The van der Waals surface area contributed by atoms with Crippen LogP contribution in [0.1, 0.15) is 22.4 Å². The van der Waals surface area contributed by atoms with Crippen LogP contribution in [-0.4, -0.2) is 4.40 Å². The Morgan fingerprint density at radius 3 is 2.20 bits per heavy atom. The van der Waals surface area contributed by atoms with Crippen LogP contribution in [0.25, 0.3) is 5.52 Å². The molecule has 2 heterocycles. The highest BCUT2D eigenvalue weighted by atomic mass is 16.5. The number of hydrogen-bond acceptors (Lipinski definition) is 1. The average Bonchev–Trinajstić information content (AvgIpc) is 2.98. The highest BCUT2D eigenvalue weighted by molar-refractivity contribution is 5.64. The van der Waals surface area contributed by atoms with Gasteiger partial charge < -0.3 is 9.14 Å². The van der Waals surface area contributed by atoms with Crippen molar-refractivity contribution in [3.63, 3.8) is 0 Å². The van der Waals surface area contributed by atoms with Crippen LogP contribution in [0.4, 0.5) is 0 Å². The summed E-state index contributed by atoms with van der Waals surface area (Å²) in [4.78, 5) is 0. The molecule has 0 unspecified atom stereocenters. The van der Waals surface area contributed by atoms with Crippen molar-refractivity contribution in [2.45, 2.75) is 20.0 Å². The molecule has 0 fully saturated rings. The third-order valence-electron chi connectivity index (χ3n) is 4.55. The lowest BCUT2D eigenvalue weighted by atomic mass is 10.1. The van der Waals surface area contributed by atoms with E-state index in [-0.39, 0.29) is 0 Å². The Morgan fingerprint density at radius 2 is 1.48 bits per heavy atom. The second-order valence-electron chi connectivity index (χ2n) is 6.34. The molecule has 0 aliphatic carbocycles. The number of benzene rings is 2. The van der Waals surface area contributed by atoms with Crippen molar-refractivity contribution in [3.05, 3.63) is 107 Å². The Hall–Kier alpha value is -3.00. The minimum atomic E-state index is 0.582. The summed E-state index contributed by atoms with van der Waals surface area (Å²) in [6, 6.07) is 27.2. The summed E-state index contributed by atoms with van der Waals surface area (Å²) in [5, 5.41) is 0. The highest BCUT2D eigenvalue weighted by Gasteiger charge is 2.11. The smallest absolute Gasteiger partial charge is 0.143 e. The van der Waals surface area contributed by atoms with Crippen LogP contribution in [0.5, 0.6) is 5.75 Å². The number of aryl methyl sites for hydroxylation is 1. The number of ether oxygens (including phenoxy) is 1. The van der Waals surface area contributed by atoms with Gasteiger partial charge in [-0.15, -0.1) is 0 Å². The number of rotatable bonds is 5. The Bertz CT molecular complexity index is 971. The van der Waals surface area contributed by atoms with Crippen molar-refractivity contribution < 1.29 is 4.74 Å². The van der Waals surface area contributed by atoms with E-state index < -0.39 is 0 Å². The van der Waals surface area contributed by atoms with Crippen molar-refractivity contribution in [1.82, 2.24) is 4.40 Å². The predicted molar refractivity (Wildman–Crippen MR) is 102 cm³/mol. The third kappa shape index (κ3) is 3.29. The predicted octanol–water partition coefficient (Wildman–Crippen LogP) is 5.42. The zero-order chi connectivity index (χ0) is 17.1. The molecule has 124 valence electrons. The molecule has 2 aromatic heterocycles. The summed E-state index contributed by atoms with van der Waals surface area (Å²) in [5.41, 5.74) is 6.23. The zero-order valence-electron chi connectivity index (χ0n) is 14.4. The van der Waals surface area contributed by atoms with E-state index in [4.69, 9.17) is 4.74 Å². The van der Waals surface area contributed by atoms with Crippen LogP contribution in [0.3, 0.4) is 0 Å². The first-order valence-electron chi connectivity index (χ1n) is 8.61. The van der Waals surface area contributed by atoms with E-state index in [1.54, 1.807) is 0 Å². The molecule has 0 bridgehead atoms. The third-order valence-corrected chi connectivity index (χ3v) is 4.55. The van der Waals surface area contributed by atoms with Gasteiger partial charge in [0.05, 0.1) is 5.52 Å². The largest absolute Gasteiger partial charge is 0.487 e. The second-order valence-corrected chi connectivity index (χ2v) is 6.34. The van der Waals surface area contributed by atoms with Crippen molar-refractivity contribution in [3.8, 4) is 5.75 Å². The maximum Gasteiger partial charge on any atom is 0.143 e. The molecule has 2 nitrogen and oxygen atoms in total. The Kier molecular flexibility index (Phi) is 4.26. The Morgan fingerprint density at radius 1 is 0.800 bits per heavy atom. The van der Waals surface area contributed by atoms with Crippen molar-refractivity contribution >= 4 is 5.52 Å². The summed E-state index contributed by atoms with van der Waals surface area (Å²) >= 11 is 0. The zero-order valence-corrected chi connectivity index (χ0v) is 14.4. The van der Waals surface area contributed by atoms with Crippen LogP contribution < -0.4 is 4.74 Å². The molecule has 0 radical (unpaired) electrons.